The molecule has 0 saturated carbocycles. The summed E-state index contributed by atoms with van der Waals surface area (Å²) in [7, 11) is 0. The summed E-state index contributed by atoms with van der Waals surface area (Å²) in [6, 6.07) is 0. The van der Waals surface area contributed by atoms with Crippen molar-refractivity contribution < 1.29 is 5.11 Å². The number of nitrogen functional groups attached to an aromatic ring is 1. The van der Waals surface area contributed by atoms with Crippen molar-refractivity contribution in [1.82, 2.24) is 9.97 Å². The molecular formula is C8H12N4O. The monoisotopic (exact) mass is 180 g/mol. The molecule has 1 atom stereocenters. The van der Waals surface area contributed by atoms with Gasteiger partial charge in [0, 0.05) is 13.1 Å². The highest BCUT2D eigenvalue weighted by molar-refractivity contribution is 5.42. The maximum Gasteiger partial charge on any atom is 0.149 e. The standard InChI is InChI=1S/C8H12N4O/c9-7-3-10-4-8(11-7)12-2-1-6(13)5-12/h3-4,6,13H,1-2,5H2,(H2,9,11). The smallest absolute Gasteiger partial charge is 0.149 e. The molecule has 0 radical (unpaired) electrons. The van der Waals surface area contributed by atoms with Crippen LogP contribution in [0.4, 0.5) is 11.6 Å². The molecule has 0 bridgehead atoms. The normalized spacial score (nSPS) is 22.2. The topological polar surface area (TPSA) is 75.3 Å². The van der Waals surface area contributed by atoms with E-state index in [1.807, 2.05) is 4.90 Å². The molecule has 1 aliphatic rings. The van der Waals surface area contributed by atoms with Gasteiger partial charge in [-0.2, -0.15) is 0 Å². The predicted octanol–water partition coefficient (Wildman–Crippen LogP) is -0.370. The van der Waals surface area contributed by atoms with Crippen molar-refractivity contribution in [2.75, 3.05) is 23.7 Å². The first-order chi connectivity index (χ1) is 6.25. The fourth-order valence-corrected chi connectivity index (χ4v) is 1.47. The van der Waals surface area contributed by atoms with Crippen LogP contribution in [-0.4, -0.2) is 34.3 Å². The summed E-state index contributed by atoms with van der Waals surface area (Å²) in [6.45, 7) is 1.44. The molecule has 0 spiro atoms. The van der Waals surface area contributed by atoms with Gasteiger partial charge >= 0.3 is 0 Å². The van der Waals surface area contributed by atoms with Crippen molar-refractivity contribution in [3.05, 3.63) is 12.4 Å². The molecule has 0 aromatic carbocycles. The third-order valence-corrected chi connectivity index (χ3v) is 2.13. The Morgan fingerprint density at radius 1 is 1.54 bits per heavy atom. The molecular weight excluding hydrogens is 168 g/mol. The van der Waals surface area contributed by atoms with Gasteiger partial charge in [-0.1, -0.05) is 0 Å². The van der Waals surface area contributed by atoms with Crippen molar-refractivity contribution in [2.45, 2.75) is 12.5 Å². The van der Waals surface area contributed by atoms with E-state index in [0.29, 0.717) is 12.4 Å². The molecule has 0 amide bonds. The van der Waals surface area contributed by atoms with Crippen LogP contribution in [0, 0.1) is 0 Å². The van der Waals surface area contributed by atoms with Crippen LogP contribution in [0.25, 0.3) is 0 Å². The van der Waals surface area contributed by atoms with Crippen LogP contribution < -0.4 is 10.6 Å². The molecule has 1 saturated heterocycles. The van der Waals surface area contributed by atoms with Gasteiger partial charge in [0.15, 0.2) is 0 Å². The molecule has 2 heterocycles. The van der Waals surface area contributed by atoms with E-state index in [1.54, 1.807) is 6.20 Å². The lowest BCUT2D eigenvalue weighted by Gasteiger charge is -2.15. The van der Waals surface area contributed by atoms with Crippen LogP contribution >= 0.6 is 0 Å². The fourth-order valence-electron chi connectivity index (χ4n) is 1.47. The van der Waals surface area contributed by atoms with E-state index in [9.17, 15) is 5.11 Å². The SMILES string of the molecule is Nc1cncc(N2CCC(O)C2)n1. The average Bonchev–Trinajstić information content (AvgIpc) is 2.52. The van der Waals surface area contributed by atoms with Crippen molar-refractivity contribution in [3.8, 4) is 0 Å². The highest BCUT2D eigenvalue weighted by atomic mass is 16.3. The zero-order valence-corrected chi connectivity index (χ0v) is 7.22. The zero-order chi connectivity index (χ0) is 9.26. The Morgan fingerprint density at radius 3 is 3.00 bits per heavy atom. The fraction of sp³-hybridized carbons (Fsp3) is 0.500. The van der Waals surface area contributed by atoms with E-state index >= 15 is 0 Å². The number of aliphatic hydroxyl groups excluding tert-OH is 1. The molecule has 1 aromatic heterocycles. The molecule has 0 aliphatic carbocycles. The lowest BCUT2D eigenvalue weighted by Crippen LogP contribution is -2.22. The first-order valence-corrected chi connectivity index (χ1v) is 4.26. The number of rotatable bonds is 1. The number of aliphatic hydroxyl groups is 1. The highest BCUT2D eigenvalue weighted by Crippen LogP contribution is 2.17. The summed E-state index contributed by atoms with van der Waals surface area (Å²) in [6.07, 6.45) is 3.71. The lowest BCUT2D eigenvalue weighted by molar-refractivity contribution is 0.198. The lowest BCUT2D eigenvalue weighted by atomic mass is 10.3. The average molecular weight is 180 g/mol. The Bertz CT molecular complexity index is 304. The Morgan fingerprint density at radius 2 is 2.38 bits per heavy atom. The number of β-amino-alcohol motifs (C(OH)–C–C–N with tert-alkyl or cyclic N) is 1. The number of hydrogen-bond acceptors (Lipinski definition) is 5. The largest absolute Gasteiger partial charge is 0.391 e. The molecule has 1 aromatic rings. The van der Waals surface area contributed by atoms with Gasteiger partial charge in [-0.15, -0.1) is 0 Å². The van der Waals surface area contributed by atoms with E-state index in [1.165, 1.54) is 6.20 Å². The molecule has 2 rings (SSSR count). The van der Waals surface area contributed by atoms with Crippen LogP contribution in [0.5, 0.6) is 0 Å². The zero-order valence-electron chi connectivity index (χ0n) is 7.22. The minimum absolute atomic E-state index is 0.247. The van der Waals surface area contributed by atoms with E-state index < -0.39 is 0 Å². The first kappa shape index (κ1) is 8.25. The number of aromatic nitrogens is 2. The van der Waals surface area contributed by atoms with E-state index in [-0.39, 0.29) is 6.10 Å². The van der Waals surface area contributed by atoms with Gasteiger partial charge in [0.1, 0.15) is 11.6 Å². The van der Waals surface area contributed by atoms with Crippen LogP contribution in [0.1, 0.15) is 6.42 Å². The highest BCUT2D eigenvalue weighted by Gasteiger charge is 2.21. The van der Waals surface area contributed by atoms with Crippen molar-refractivity contribution >= 4 is 11.6 Å². The van der Waals surface area contributed by atoms with Gasteiger partial charge in [-0.3, -0.25) is 4.98 Å². The van der Waals surface area contributed by atoms with Gasteiger partial charge in [-0.05, 0) is 6.42 Å². The summed E-state index contributed by atoms with van der Waals surface area (Å²) in [5.41, 5.74) is 5.50. The quantitative estimate of drug-likeness (QED) is 0.616. The van der Waals surface area contributed by atoms with Gasteiger partial charge in [0.05, 0.1) is 18.5 Å². The second kappa shape index (κ2) is 3.18. The number of nitrogens with zero attached hydrogens (tertiary/aromatic N) is 3. The molecule has 1 fully saturated rings. The number of hydrogen-bond donors (Lipinski definition) is 2. The third kappa shape index (κ3) is 1.70. The van der Waals surface area contributed by atoms with Crippen LogP contribution in [0.3, 0.4) is 0 Å². The Hall–Kier alpha value is -1.36. The maximum atomic E-state index is 9.31. The summed E-state index contributed by atoms with van der Waals surface area (Å²) in [4.78, 5) is 10.0. The van der Waals surface area contributed by atoms with E-state index in [2.05, 4.69) is 9.97 Å². The number of nitrogens with two attached hydrogens (primary N) is 1. The van der Waals surface area contributed by atoms with Gasteiger partial charge < -0.3 is 15.7 Å². The van der Waals surface area contributed by atoms with Crippen molar-refractivity contribution in [2.24, 2.45) is 0 Å². The summed E-state index contributed by atoms with van der Waals surface area (Å²) < 4.78 is 0. The summed E-state index contributed by atoms with van der Waals surface area (Å²) >= 11 is 0. The molecule has 1 unspecified atom stereocenters. The van der Waals surface area contributed by atoms with E-state index in [4.69, 9.17) is 5.73 Å². The van der Waals surface area contributed by atoms with Gasteiger partial charge in [0.2, 0.25) is 0 Å². The summed E-state index contributed by atoms with van der Waals surface area (Å²) in [5.74, 6) is 1.16. The van der Waals surface area contributed by atoms with Crippen molar-refractivity contribution in [1.29, 1.82) is 0 Å². The van der Waals surface area contributed by atoms with Crippen LogP contribution in [0.2, 0.25) is 0 Å². The van der Waals surface area contributed by atoms with Crippen LogP contribution in [-0.2, 0) is 0 Å². The molecule has 5 heteroatoms. The Balaban J connectivity index is 2.16. The van der Waals surface area contributed by atoms with E-state index in [0.717, 1.165) is 18.8 Å². The molecule has 70 valence electrons. The second-order valence-electron chi connectivity index (χ2n) is 3.19. The predicted molar refractivity (Wildman–Crippen MR) is 49.3 cm³/mol. The summed E-state index contributed by atoms with van der Waals surface area (Å²) in [5, 5.41) is 9.31. The molecule has 3 N–H and O–H groups in total. The van der Waals surface area contributed by atoms with Gasteiger partial charge in [0.25, 0.3) is 0 Å². The molecule has 5 nitrogen and oxygen atoms in total. The molecule has 1 aliphatic heterocycles. The van der Waals surface area contributed by atoms with Gasteiger partial charge in [-0.25, -0.2) is 4.98 Å². The minimum Gasteiger partial charge on any atom is -0.391 e. The van der Waals surface area contributed by atoms with Crippen molar-refractivity contribution in [3.63, 3.8) is 0 Å². The second-order valence-corrected chi connectivity index (χ2v) is 3.19. The molecule has 13 heavy (non-hydrogen) atoms. The third-order valence-electron chi connectivity index (χ3n) is 2.13. The first-order valence-electron chi connectivity index (χ1n) is 4.26. The number of anilines is 2. The Labute approximate surface area is 76.2 Å². The minimum atomic E-state index is -0.247. The maximum absolute atomic E-state index is 9.31. The Kier molecular flexibility index (Phi) is 2.02. The van der Waals surface area contributed by atoms with Crippen LogP contribution in [0.15, 0.2) is 12.4 Å².